The highest BCUT2D eigenvalue weighted by molar-refractivity contribution is 5.95. The number of rotatable bonds is 5. The SMILES string of the molecule is CCn1c(NC(=O)Cc2ccc(N3CCCC3=O)cc2)nc2ccccc21. The van der Waals surface area contributed by atoms with Gasteiger partial charge in [-0.05, 0) is 43.2 Å². The molecule has 0 spiro atoms. The highest BCUT2D eigenvalue weighted by Crippen LogP contribution is 2.22. The molecule has 1 saturated heterocycles. The zero-order valence-electron chi connectivity index (χ0n) is 15.3. The van der Waals surface area contributed by atoms with Gasteiger partial charge in [0, 0.05) is 25.2 Å². The summed E-state index contributed by atoms with van der Waals surface area (Å²) in [5.41, 5.74) is 3.68. The van der Waals surface area contributed by atoms with Gasteiger partial charge in [-0.3, -0.25) is 14.9 Å². The van der Waals surface area contributed by atoms with Crippen molar-refractivity contribution in [2.75, 3.05) is 16.8 Å². The molecule has 3 aromatic rings. The second-order valence-electron chi connectivity index (χ2n) is 6.71. The summed E-state index contributed by atoms with van der Waals surface area (Å²) in [5, 5.41) is 2.92. The first-order chi connectivity index (χ1) is 13.2. The Labute approximate surface area is 157 Å². The van der Waals surface area contributed by atoms with Crippen LogP contribution in [-0.2, 0) is 22.6 Å². The highest BCUT2D eigenvalue weighted by Gasteiger charge is 2.21. The predicted octanol–water partition coefficient (Wildman–Crippen LogP) is 3.36. The molecular formula is C21H22N4O2. The third-order valence-corrected chi connectivity index (χ3v) is 4.91. The first-order valence-electron chi connectivity index (χ1n) is 9.30. The van der Waals surface area contributed by atoms with Crippen LogP contribution in [0, 0.1) is 0 Å². The van der Waals surface area contributed by atoms with E-state index in [1.165, 1.54) is 0 Å². The van der Waals surface area contributed by atoms with Gasteiger partial charge in [0.25, 0.3) is 0 Å². The summed E-state index contributed by atoms with van der Waals surface area (Å²) >= 11 is 0. The number of hydrogen-bond donors (Lipinski definition) is 1. The molecule has 0 aliphatic carbocycles. The molecule has 1 aliphatic heterocycles. The lowest BCUT2D eigenvalue weighted by molar-refractivity contribution is -0.117. The van der Waals surface area contributed by atoms with Crippen LogP contribution in [0.4, 0.5) is 11.6 Å². The van der Waals surface area contributed by atoms with Crippen LogP contribution in [0.3, 0.4) is 0 Å². The lowest BCUT2D eigenvalue weighted by Gasteiger charge is -2.15. The Hall–Kier alpha value is -3.15. The summed E-state index contributed by atoms with van der Waals surface area (Å²) in [5.74, 6) is 0.631. The molecular weight excluding hydrogens is 340 g/mol. The minimum atomic E-state index is -0.106. The molecule has 1 N–H and O–H groups in total. The fourth-order valence-electron chi connectivity index (χ4n) is 3.56. The first-order valence-corrected chi connectivity index (χ1v) is 9.30. The average Bonchev–Trinajstić information content (AvgIpc) is 3.25. The summed E-state index contributed by atoms with van der Waals surface area (Å²) in [6.45, 7) is 3.53. The molecule has 0 saturated carbocycles. The average molecular weight is 362 g/mol. The van der Waals surface area contributed by atoms with Crippen molar-refractivity contribution < 1.29 is 9.59 Å². The molecule has 4 rings (SSSR count). The summed E-state index contributed by atoms with van der Waals surface area (Å²) in [6, 6.07) is 15.5. The zero-order valence-corrected chi connectivity index (χ0v) is 15.3. The van der Waals surface area contributed by atoms with E-state index < -0.39 is 0 Å². The molecule has 0 bridgehead atoms. The monoisotopic (exact) mass is 362 g/mol. The molecule has 27 heavy (non-hydrogen) atoms. The summed E-state index contributed by atoms with van der Waals surface area (Å²) in [7, 11) is 0. The van der Waals surface area contributed by atoms with Gasteiger partial charge < -0.3 is 9.47 Å². The Morgan fingerprint density at radius 3 is 2.63 bits per heavy atom. The minimum absolute atomic E-state index is 0.106. The Bertz CT molecular complexity index is 991. The molecule has 0 radical (unpaired) electrons. The number of fused-ring (bicyclic) bond motifs is 1. The van der Waals surface area contributed by atoms with Crippen molar-refractivity contribution in [3.8, 4) is 0 Å². The van der Waals surface area contributed by atoms with Crippen LogP contribution >= 0.6 is 0 Å². The van der Waals surface area contributed by atoms with Crippen LogP contribution < -0.4 is 10.2 Å². The van der Waals surface area contributed by atoms with Gasteiger partial charge in [-0.15, -0.1) is 0 Å². The van der Waals surface area contributed by atoms with Crippen LogP contribution in [0.1, 0.15) is 25.3 Å². The fraction of sp³-hybridized carbons (Fsp3) is 0.286. The molecule has 2 heterocycles. The minimum Gasteiger partial charge on any atom is -0.312 e. The van der Waals surface area contributed by atoms with E-state index in [1.54, 1.807) is 4.90 Å². The number of hydrogen-bond acceptors (Lipinski definition) is 3. The van der Waals surface area contributed by atoms with Crippen LogP contribution in [0.2, 0.25) is 0 Å². The predicted molar refractivity (Wildman–Crippen MR) is 106 cm³/mol. The summed E-state index contributed by atoms with van der Waals surface area (Å²) in [6.07, 6.45) is 1.78. The number of aromatic nitrogens is 2. The molecule has 1 fully saturated rings. The zero-order chi connectivity index (χ0) is 18.8. The number of anilines is 2. The van der Waals surface area contributed by atoms with Gasteiger partial charge in [-0.25, -0.2) is 4.98 Å². The van der Waals surface area contributed by atoms with Crippen LogP contribution in [0.15, 0.2) is 48.5 Å². The number of carbonyl (C=O) groups excluding carboxylic acids is 2. The highest BCUT2D eigenvalue weighted by atomic mass is 16.2. The Balaban J connectivity index is 1.46. The van der Waals surface area contributed by atoms with E-state index in [9.17, 15) is 9.59 Å². The largest absolute Gasteiger partial charge is 0.312 e. The van der Waals surface area contributed by atoms with Gasteiger partial charge in [0.2, 0.25) is 17.8 Å². The van der Waals surface area contributed by atoms with Crippen molar-refractivity contribution >= 4 is 34.5 Å². The van der Waals surface area contributed by atoms with Crippen molar-refractivity contribution in [3.63, 3.8) is 0 Å². The standard InChI is InChI=1S/C21H22N4O2/c1-2-24-18-7-4-3-6-17(18)22-21(24)23-19(26)14-15-9-11-16(12-10-15)25-13-5-8-20(25)27/h3-4,6-7,9-12H,2,5,8,13-14H2,1H3,(H,22,23,26). The normalized spacial score (nSPS) is 14.1. The van der Waals surface area contributed by atoms with Crippen LogP contribution in [0.25, 0.3) is 11.0 Å². The Kier molecular flexibility index (Phi) is 4.62. The van der Waals surface area contributed by atoms with Gasteiger partial charge in [-0.1, -0.05) is 24.3 Å². The number of para-hydroxylation sites is 2. The van der Waals surface area contributed by atoms with Gasteiger partial charge >= 0.3 is 0 Å². The van der Waals surface area contributed by atoms with Crippen molar-refractivity contribution in [3.05, 3.63) is 54.1 Å². The molecule has 0 atom stereocenters. The molecule has 2 amide bonds. The van der Waals surface area contributed by atoms with Gasteiger partial charge in [0.1, 0.15) is 0 Å². The molecule has 0 unspecified atom stereocenters. The quantitative estimate of drug-likeness (QED) is 0.757. The number of benzene rings is 2. The van der Waals surface area contributed by atoms with E-state index in [0.717, 1.165) is 41.8 Å². The van der Waals surface area contributed by atoms with Crippen LogP contribution in [0.5, 0.6) is 0 Å². The van der Waals surface area contributed by atoms with Crippen LogP contribution in [-0.4, -0.2) is 27.9 Å². The van der Waals surface area contributed by atoms with Gasteiger partial charge in [0.15, 0.2) is 0 Å². The Morgan fingerprint density at radius 1 is 1.15 bits per heavy atom. The number of imidazole rings is 1. The first kappa shape index (κ1) is 17.3. The number of carbonyl (C=O) groups is 2. The van der Waals surface area contributed by atoms with Crippen molar-refractivity contribution in [2.45, 2.75) is 32.7 Å². The second-order valence-corrected chi connectivity index (χ2v) is 6.71. The Morgan fingerprint density at radius 2 is 1.93 bits per heavy atom. The second kappa shape index (κ2) is 7.23. The third kappa shape index (κ3) is 3.43. The molecule has 1 aliphatic rings. The maximum absolute atomic E-state index is 12.5. The van der Waals surface area contributed by atoms with E-state index in [-0.39, 0.29) is 18.2 Å². The van der Waals surface area contributed by atoms with Crippen molar-refractivity contribution in [2.24, 2.45) is 0 Å². The van der Waals surface area contributed by atoms with Crippen molar-refractivity contribution in [1.29, 1.82) is 0 Å². The molecule has 1 aromatic heterocycles. The maximum atomic E-state index is 12.5. The number of nitrogens with zero attached hydrogens (tertiary/aromatic N) is 3. The topological polar surface area (TPSA) is 67.2 Å². The molecule has 2 aromatic carbocycles. The number of aryl methyl sites for hydroxylation is 1. The van der Waals surface area contributed by atoms with E-state index in [1.807, 2.05) is 60.0 Å². The molecule has 138 valence electrons. The van der Waals surface area contributed by atoms with E-state index >= 15 is 0 Å². The fourth-order valence-corrected chi connectivity index (χ4v) is 3.56. The van der Waals surface area contributed by atoms with Gasteiger partial charge in [0.05, 0.1) is 17.5 Å². The van der Waals surface area contributed by atoms with Crippen molar-refractivity contribution in [1.82, 2.24) is 9.55 Å². The smallest absolute Gasteiger partial charge is 0.231 e. The van der Waals surface area contributed by atoms with E-state index in [0.29, 0.717) is 12.4 Å². The van der Waals surface area contributed by atoms with E-state index in [4.69, 9.17) is 0 Å². The lowest BCUT2D eigenvalue weighted by atomic mass is 10.1. The lowest BCUT2D eigenvalue weighted by Crippen LogP contribution is -2.23. The third-order valence-electron chi connectivity index (χ3n) is 4.91. The molecule has 6 heteroatoms. The summed E-state index contributed by atoms with van der Waals surface area (Å²) < 4.78 is 2.00. The number of nitrogens with one attached hydrogen (secondary N) is 1. The van der Waals surface area contributed by atoms with Gasteiger partial charge in [-0.2, -0.15) is 0 Å². The molecule has 6 nitrogen and oxygen atoms in total. The maximum Gasteiger partial charge on any atom is 0.231 e. The summed E-state index contributed by atoms with van der Waals surface area (Å²) in [4.78, 5) is 30.6. The number of amides is 2. The van der Waals surface area contributed by atoms with E-state index in [2.05, 4.69) is 10.3 Å².